The highest BCUT2D eigenvalue weighted by atomic mass is 32.2. The van der Waals surface area contributed by atoms with E-state index >= 15 is 0 Å². The molecular formula is C28H37N5O3S. The van der Waals surface area contributed by atoms with E-state index < -0.39 is 10.0 Å². The molecule has 4 rings (SSSR count). The first-order valence-corrected chi connectivity index (χ1v) is 14.6. The van der Waals surface area contributed by atoms with Crippen molar-refractivity contribution in [2.45, 2.75) is 56.9 Å². The summed E-state index contributed by atoms with van der Waals surface area (Å²) in [5.41, 5.74) is 3.57. The number of benzene rings is 2. The molecule has 0 radical (unpaired) electrons. The maximum atomic E-state index is 12.9. The van der Waals surface area contributed by atoms with E-state index in [1.807, 2.05) is 49.4 Å². The first-order valence-electron chi connectivity index (χ1n) is 13.1. The van der Waals surface area contributed by atoms with Crippen LogP contribution >= 0.6 is 0 Å². The van der Waals surface area contributed by atoms with Gasteiger partial charge in [0.15, 0.2) is 0 Å². The summed E-state index contributed by atoms with van der Waals surface area (Å²) in [4.78, 5) is 19.5. The second kappa shape index (κ2) is 12.5. The van der Waals surface area contributed by atoms with Crippen molar-refractivity contribution in [3.05, 3.63) is 65.9 Å². The third-order valence-electron chi connectivity index (χ3n) is 6.70. The highest BCUT2D eigenvalue weighted by Gasteiger charge is 2.27. The minimum Gasteiger partial charge on any atom is -0.337 e. The Balaban J connectivity index is 1.22. The maximum absolute atomic E-state index is 12.9. The molecule has 0 spiro atoms. The van der Waals surface area contributed by atoms with Crippen LogP contribution in [0.2, 0.25) is 0 Å². The van der Waals surface area contributed by atoms with Gasteiger partial charge in [-0.25, -0.2) is 17.9 Å². The monoisotopic (exact) mass is 523 g/mol. The summed E-state index contributed by atoms with van der Waals surface area (Å²) in [5.74, 6) is 0. The largest absolute Gasteiger partial charge is 0.337 e. The van der Waals surface area contributed by atoms with E-state index in [0.717, 1.165) is 48.1 Å². The van der Waals surface area contributed by atoms with Crippen LogP contribution in [0.15, 0.2) is 59.5 Å². The number of nitrogens with one attached hydrogen (secondary N) is 3. The van der Waals surface area contributed by atoms with Crippen LogP contribution in [-0.4, -0.2) is 56.6 Å². The van der Waals surface area contributed by atoms with Crippen molar-refractivity contribution >= 4 is 32.6 Å². The summed E-state index contributed by atoms with van der Waals surface area (Å²) >= 11 is 0. The normalized spacial score (nSPS) is 16.2. The Hall–Kier alpha value is -3.01. The van der Waals surface area contributed by atoms with Gasteiger partial charge >= 0.3 is 6.03 Å². The Bertz CT molecular complexity index is 1310. The molecule has 1 fully saturated rings. The molecule has 0 aliphatic carbocycles. The van der Waals surface area contributed by atoms with Crippen molar-refractivity contribution in [2.24, 2.45) is 0 Å². The fraction of sp³-hybridized carbons (Fsp3) is 0.429. The lowest BCUT2D eigenvalue weighted by atomic mass is 10.1. The van der Waals surface area contributed by atoms with Gasteiger partial charge in [0, 0.05) is 36.8 Å². The van der Waals surface area contributed by atoms with E-state index in [1.165, 1.54) is 18.4 Å². The lowest BCUT2D eigenvalue weighted by Crippen LogP contribution is -2.39. The standard InChI is InChI=1S/C28H37N5O3S/c1-3-4-5-8-22-11-13-24(14-12-22)37(35,36)32-23-15-17-33(20-23)18-16-29-28(34)31-27-19-21(2)30-26-10-7-6-9-25(26)27/h6-7,9-14,19,23,32H,3-5,8,15-18,20H2,1-2H3,(H2,29,30,31,34). The van der Waals surface area contributed by atoms with Crippen LogP contribution < -0.4 is 15.4 Å². The number of amides is 2. The van der Waals surface area contributed by atoms with Crippen molar-refractivity contribution in [1.29, 1.82) is 0 Å². The van der Waals surface area contributed by atoms with Crippen LogP contribution in [0.5, 0.6) is 0 Å². The number of aromatic nitrogens is 1. The van der Waals surface area contributed by atoms with Gasteiger partial charge in [-0.1, -0.05) is 50.1 Å². The number of pyridine rings is 1. The van der Waals surface area contributed by atoms with Crippen LogP contribution in [0.4, 0.5) is 10.5 Å². The van der Waals surface area contributed by atoms with Gasteiger partial charge in [0.25, 0.3) is 0 Å². The van der Waals surface area contributed by atoms with Gasteiger partial charge in [-0.15, -0.1) is 0 Å². The van der Waals surface area contributed by atoms with Crippen LogP contribution in [0, 0.1) is 6.92 Å². The molecule has 0 saturated carbocycles. The second-order valence-electron chi connectivity index (χ2n) is 9.72. The van der Waals surface area contributed by atoms with E-state index in [4.69, 9.17) is 0 Å². The number of para-hydroxylation sites is 1. The number of likely N-dealkylation sites (tertiary alicyclic amines) is 1. The first kappa shape index (κ1) is 27.0. The fourth-order valence-corrected chi connectivity index (χ4v) is 6.00. The van der Waals surface area contributed by atoms with Crippen molar-refractivity contribution in [3.8, 4) is 0 Å². The van der Waals surface area contributed by atoms with Crippen LogP contribution in [0.3, 0.4) is 0 Å². The molecule has 0 bridgehead atoms. The Morgan fingerprint density at radius 2 is 1.89 bits per heavy atom. The molecule has 1 saturated heterocycles. The number of unbranched alkanes of at least 4 members (excludes halogenated alkanes) is 2. The van der Waals surface area contributed by atoms with E-state index in [0.29, 0.717) is 24.5 Å². The second-order valence-corrected chi connectivity index (χ2v) is 11.4. The number of sulfonamides is 1. The molecule has 2 heterocycles. The van der Waals surface area contributed by atoms with E-state index in [-0.39, 0.29) is 12.1 Å². The Labute approximate surface area is 219 Å². The fourth-order valence-electron chi connectivity index (χ4n) is 4.74. The number of aryl methyl sites for hydroxylation is 2. The number of carbonyl (C=O) groups is 1. The number of hydrogen-bond donors (Lipinski definition) is 3. The molecule has 1 unspecified atom stereocenters. The number of hydrogen-bond acceptors (Lipinski definition) is 5. The van der Waals surface area contributed by atoms with Gasteiger partial charge in [-0.3, -0.25) is 9.88 Å². The predicted octanol–water partition coefficient (Wildman–Crippen LogP) is 4.45. The minimum absolute atomic E-state index is 0.144. The SMILES string of the molecule is CCCCCc1ccc(S(=O)(=O)NC2CCN(CCNC(=O)Nc3cc(C)nc4ccccc34)C2)cc1. The van der Waals surface area contributed by atoms with Crippen molar-refractivity contribution in [1.82, 2.24) is 19.9 Å². The molecule has 3 N–H and O–H groups in total. The summed E-state index contributed by atoms with van der Waals surface area (Å²) in [7, 11) is -3.56. The number of carbonyl (C=O) groups excluding carboxylic acids is 1. The molecule has 1 aliphatic heterocycles. The summed E-state index contributed by atoms with van der Waals surface area (Å²) in [6.07, 6.45) is 5.19. The molecule has 2 aromatic carbocycles. The highest BCUT2D eigenvalue weighted by Crippen LogP contribution is 2.22. The van der Waals surface area contributed by atoms with E-state index in [1.54, 1.807) is 12.1 Å². The Morgan fingerprint density at radius 1 is 1.11 bits per heavy atom. The summed E-state index contributed by atoms with van der Waals surface area (Å²) in [5, 5.41) is 6.72. The third kappa shape index (κ3) is 7.50. The Kier molecular flexibility index (Phi) is 9.13. The minimum atomic E-state index is -3.56. The van der Waals surface area contributed by atoms with Crippen LogP contribution in [0.25, 0.3) is 10.9 Å². The molecule has 1 aromatic heterocycles. The zero-order chi connectivity index (χ0) is 26.3. The molecular weight excluding hydrogens is 486 g/mol. The number of rotatable bonds is 11. The predicted molar refractivity (Wildman–Crippen MR) is 148 cm³/mol. The zero-order valence-electron chi connectivity index (χ0n) is 21.7. The number of nitrogens with zero attached hydrogens (tertiary/aromatic N) is 2. The molecule has 37 heavy (non-hydrogen) atoms. The molecule has 3 aromatic rings. The van der Waals surface area contributed by atoms with Gasteiger partial charge in [0.2, 0.25) is 10.0 Å². The zero-order valence-corrected chi connectivity index (χ0v) is 22.5. The quantitative estimate of drug-likeness (QED) is 0.322. The van der Waals surface area contributed by atoms with Gasteiger partial charge in [0.05, 0.1) is 16.1 Å². The molecule has 2 amide bonds. The van der Waals surface area contributed by atoms with E-state index in [2.05, 4.69) is 32.2 Å². The number of anilines is 1. The summed E-state index contributed by atoms with van der Waals surface area (Å²) in [6, 6.07) is 16.4. The topological polar surface area (TPSA) is 103 Å². The maximum Gasteiger partial charge on any atom is 0.319 e. The average Bonchev–Trinajstić information content (AvgIpc) is 3.30. The summed E-state index contributed by atoms with van der Waals surface area (Å²) < 4.78 is 28.6. The van der Waals surface area contributed by atoms with Gasteiger partial charge in [-0.2, -0.15) is 0 Å². The van der Waals surface area contributed by atoms with Crippen LogP contribution in [0.1, 0.15) is 43.9 Å². The van der Waals surface area contributed by atoms with Crippen molar-refractivity contribution < 1.29 is 13.2 Å². The number of fused-ring (bicyclic) bond motifs is 1. The molecule has 8 nitrogen and oxygen atoms in total. The van der Waals surface area contributed by atoms with Gasteiger partial charge in [-0.05, 0) is 62.6 Å². The smallest absolute Gasteiger partial charge is 0.319 e. The van der Waals surface area contributed by atoms with Crippen molar-refractivity contribution in [3.63, 3.8) is 0 Å². The van der Waals surface area contributed by atoms with Crippen LogP contribution in [-0.2, 0) is 16.4 Å². The lowest BCUT2D eigenvalue weighted by Gasteiger charge is -2.17. The summed E-state index contributed by atoms with van der Waals surface area (Å²) in [6.45, 7) is 6.58. The molecule has 9 heteroatoms. The van der Waals surface area contributed by atoms with Gasteiger partial charge < -0.3 is 10.6 Å². The molecule has 1 aliphatic rings. The average molecular weight is 524 g/mol. The molecule has 198 valence electrons. The Morgan fingerprint density at radius 3 is 2.68 bits per heavy atom. The van der Waals surface area contributed by atoms with E-state index in [9.17, 15) is 13.2 Å². The lowest BCUT2D eigenvalue weighted by molar-refractivity contribution is 0.249. The van der Waals surface area contributed by atoms with Crippen molar-refractivity contribution in [2.75, 3.05) is 31.5 Å². The van der Waals surface area contributed by atoms with Gasteiger partial charge in [0.1, 0.15) is 0 Å². The molecule has 1 atom stereocenters. The first-order chi connectivity index (χ1) is 17.8. The number of urea groups is 1. The third-order valence-corrected chi connectivity index (χ3v) is 8.24. The highest BCUT2D eigenvalue weighted by molar-refractivity contribution is 7.89.